The zero-order valence-electron chi connectivity index (χ0n) is 69.2. The van der Waals surface area contributed by atoms with Gasteiger partial charge in [0.05, 0.1) is 71.1 Å². The average molecular weight is 1780 g/mol. The number of methoxy groups -OCH3 is 10. The van der Waals surface area contributed by atoms with Gasteiger partial charge >= 0.3 is 0 Å². The maximum Gasteiger partial charge on any atom is 0.257 e. The van der Waals surface area contributed by atoms with Crippen LogP contribution in [0.15, 0.2) is 243 Å². The number of carbonyl (C=O) groups excluding carboxylic acids is 6. The highest BCUT2D eigenvalue weighted by molar-refractivity contribution is 7.11. The second-order valence-corrected chi connectivity index (χ2v) is 29.0. The van der Waals surface area contributed by atoms with Crippen LogP contribution >= 0.6 is 57.7 Å². The largest absolute Gasteiger partial charge is 0.497 e. The number of anilines is 5. The summed E-state index contributed by atoms with van der Waals surface area (Å²) in [7, 11) is 19.3. The number of nitrogens with one attached hydrogen (secondary N) is 5. The Balaban J connectivity index is 0.000000161. The van der Waals surface area contributed by atoms with Crippen LogP contribution in [-0.4, -0.2) is 173 Å². The van der Waals surface area contributed by atoms with Crippen LogP contribution in [0.25, 0.3) is 56.9 Å². The summed E-state index contributed by atoms with van der Waals surface area (Å²) in [5, 5.41) is 16.0. The minimum absolute atomic E-state index is 0.241. The van der Waals surface area contributed by atoms with Gasteiger partial charge in [-0.1, -0.05) is 0 Å². The number of nitrogens with zero attached hydrogens (tertiary/aromatic N) is 11. The maximum atomic E-state index is 12.2. The average Bonchev–Trinajstić information content (AvgIpc) is 1.72. The molecule has 0 saturated heterocycles. The Morgan fingerprint density at radius 3 is 0.464 bits per heavy atom. The van der Waals surface area contributed by atoms with Crippen molar-refractivity contribution in [1.29, 1.82) is 0 Å². The third-order valence-electron chi connectivity index (χ3n) is 16.9. The summed E-state index contributed by atoms with van der Waals surface area (Å²) in [6.07, 6.45) is 0.750. The fourth-order valence-corrected chi connectivity index (χ4v) is 13.1. The van der Waals surface area contributed by atoms with Crippen LogP contribution in [0, 0.1) is 0 Å². The Labute approximate surface area is 739 Å². The molecule has 37 heteroatoms. The number of benzene rings is 10. The lowest BCUT2D eigenvalue weighted by atomic mass is 10.2. The van der Waals surface area contributed by atoms with E-state index in [-0.39, 0.29) is 29.5 Å². The molecule has 0 unspecified atom stereocenters. The van der Waals surface area contributed by atoms with Crippen molar-refractivity contribution in [2.45, 2.75) is 0 Å². The first-order valence-electron chi connectivity index (χ1n) is 37.0. The predicted octanol–water partition coefficient (Wildman–Crippen LogP) is 17.1. The number of ether oxygens (including phenoxy) is 10. The number of rotatable bonds is 26. The molecule has 0 saturated carbocycles. The van der Waals surface area contributed by atoms with Crippen molar-refractivity contribution in [2.24, 2.45) is 0 Å². The summed E-state index contributed by atoms with van der Waals surface area (Å²) in [6.45, 7) is 0. The van der Waals surface area contributed by atoms with Gasteiger partial charge in [-0.3, -0.25) is 55.4 Å². The summed E-state index contributed by atoms with van der Waals surface area (Å²) in [5.74, 6) is 8.93. The van der Waals surface area contributed by atoms with Gasteiger partial charge in [0.2, 0.25) is 32.1 Å². The highest BCUT2D eigenvalue weighted by Gasteiger charge is 2.19. The van der Waals surface area contributed by atoms with Gasteiger partial charge in [-0.15, -0.1) is 0 Å². The monoisotopic (exact) mass is 1780 g/mol. The molecule has 0 radical (unpaired) electrons. The summed E-state index contributed by atoms with van der Waals surface area (Å²) < 4.78 is 72.4. The van der Waals surface area contributed by atoms with Gasteiger partial charge in [-0.25, -0.2) is 0 Å². The van der Waals surface area contributed by atoms with E-state index in [2.05, 4.69) is 73.4 Å². The Morgan fingerprint density at radius 1 is 0.232 bits per heavy atom. The minimum Gasteiger partial charge on any atom is -0.497 e. The lowest BCUT2D eigenvalue weighted by Crippen LogP contribution is -2.11. The molecule has 6 amide bonds. The van der Waals surface area contributed by atoms with Crippen LogP contribution in [0.5, 0.6) is 57.5 Å². The molecule has 125 heavy (non-hydrogen) atoms. The Hall–Kier alpha value is -15.2. The Bertz CT molecular complexity index is 5100. The third kappa shape index (κ3) is 27.7. The molecular weight excluding hydrogens is 1700 g/mol. The van der Waals surface area contributed by atoms with Crippen molar-refractivity contribution in [3.63, 3.8) is 0 Å². The van der Waals surface area contributed by atoms with Gasteiger partial charge in [0.1, 0.15) is 57.5 Å². The van der Waals surface area contributed by atoms with E-state index < -0.39 is 0 Å². The van der Waals surface area contributed by atoms with E-state index in [1.54, 1.807) is 207 Å². The number of hydrogen-bond donors (Lipinski definition) is 5. The summed E-state index contributed by atoms with van der Waals surface area (Å²) in [6, 6.07) is 71.4. The first-order chi connectivity index (χ1) is 60.7. The molecule has 15 aromatic rings. The summed E-state index contributed by atoms with van der Waals surface area (Å²) in [4.78, 5) is 93.7. The SMILES string of the molecule is CN(C)C=O.COc1ccc(C(=O)Nc2nc(-c3ccc(OC)cc3)ns2)cc1.COc1ccc(C(=O)Nc2nc(-c3ccc(OC)cc3)ns2)cc1.COc1ccc(C(=O)Nc2nc(-c3ccc(OC)cc3)ns2)cc1.COc1ccc(C(=O)Nc2nc(-c3ccc(OC)cc3)ns2)cc1.COc1ccc(C(=O)Nc2nc(-c3ccc(OC)cc3)ns2)cc1. The second kappa shape index (κ2) is 47.1. The molecule has 5 aromatic heterocycles. The van der Waals surface area contributed by atoms with Gasteiger partial charge in [0.15, 0.2) is 29.1 Å². The van der Waals surface area contributed by atoms with Crippen molar-refractivity contribution in [1.82, 2.24) is 51.7 Å². The standard InChI is InChI=1S/5C17H15N3O3S.C3H7NO/c5*1-22-13-7-3-11(4-8-13)15-18-17(24-20-15)19-16(21)12-5-9-14(23-2)10-6-12;1-4(2)3-5/h5*3-10H,1-2H3,(H,18,19,20,21);3H,1-2H3. The van der Waals surface area contributed by atoms with E-state index in [0.717, 1.165) is 121 Å². The van der Waals surface area contributed by atoms with Crippen LogP contribution in [0.1, 0.15) is 51.8 Å². The number of aromatic nitrogens is 10. The van der Waals surface area contributed by atoms with Gasteiger partial charge in [-0.05, 0) is 243 Å². The van der Waals surface area contributed by atoms with Crippen molar-refractivity contribution < 1.29 is 76.1 Å². The zero-order valence-corrected chi connectivity index (χ0v) is 73.2. The van der Waals surface area contributed by atoms with E-state index in [4.69, 9.17) is 47.4 Å². The van der Waals surface area contributed by atoms with Gasteiger partial charge in [0.25, 0.3) is 29.5 Å². The lowest BCUT2D eigenvalue weighted by molar-refractivity contribution is -0.115. The summed E-state index contributed by atoms with van der Waals surface area (Å²) >= 11 is 5.68. The van der Waals surface area contributed by atoms with Crippen LogP contribution in [0.4, 0.5) is 25.7 Å². The molecule has 5 heterocycles. The van der Waals surface area contributed by atoms with E-state index in [1.807, 2.05) is 121 Å². The number of amides is 6. The van der Waals surface area contributed by atoms with Gasteiger partial charge in [0, 0.05) is 127 Å². The molecule has 32 nitrogen and oxygen atoms in total. The summed E-state index contributed by atoms with van der Waals surface area (Å²) in [5.41, 5.74) is 6.92. The molecule has 0 aliphatic rings. The molecule has 0 aliphatic heterocycles. The first-order valence-corrected chi connectivity index (χ1v) is 40.9. The van der Waals surface area contributed by atoms with Crippen LogP contribution < -0.4 is 74.0 Å². The van der Waals surface area contributed by atoms with Crippen molar-refractivity contribution in [2.75, 3.05) is 112 Å². The molecule has 15 rings (SSSR count). The highest BCUT2D eigenvalue weighted by atomic mass is 32.1. The third-order valence-corrected chi connectivity index (χ3v) is 20.1. The van der Waals surface area contributed by atoms with Crippen molar-refractivity contribution >= 4 is 119 Å². The molecule has 0 fully saturated rings. The molecule has 0 spiro atoms. The fourth-order valence-electron chi connectivity index (χ4n) is 10.2. The molecular formula is C88H82N16O16S5. The molecule has 0 atom stereocenters. The van der Waals surface area contributed by atoms with E-state index in [0.29, 0.717) is 111 Å². The fraction of sp³-hybridized carbons (Fsp3) is 0.136. The number of carbonyl (C=O) groups is 6. The maximum absolute atomic E-state index is 12.2. The smallest absolute Gasteiger partial charge is 0.257 e. The highest BCUT2D eigenvalue weighted by Crippen LogP contribution is 2.31. The lowest BCUT2D eigenvalue weighted by Gasteiger charge is -2.03. The topological polar surface area (TPSA) is 387 Å². The normalized spacial score (nSPS) is 10.1. The Kier molecular flexibility index (Phi) is 34.7. The molecule has 0 aliphatic carbocycles. The van der Waals surface area contributed by atoms with E-state index >= 15 is 0 Å². The van der Waals surface area contributed by atoms with Crippen LogP contribution in [0.3, 0.4) is 0 Å². The van der Waals surface area contributed by atoms with E-state index in [1.165, 1.54) is 4.90 Å². The molecule has 0 bridgehead atoms. The molecule has 5 N–H and O–H groups in total. The quantitative estimate of drug-likeness (QED) is 0.0314. The van der Waals surface area contributed by atoms with Crippen LogP contribution in [0.2, 0.25) is 0 Å². The molecule has 10 aromatic carbocycles. The minimum atomic E-state index is -0.241. The Morgan fingerprint density at radius 2 is 0.352 bits per heavy atom. The van der Waals surface area contributed by atoms with Gasteiger partial charge < -0.3 is 52.3 Å². The number of hydrogen-bond acceptors (Lipinski definition) is 31. The second-order valence-electron chi connectivity index (χ2n) is 25.2. The molecule has 640 valence electrons. The van der Waals surface area contributed by atoms with Crippen LogP contribution in [-0.2, 0) is 4.79 Å². The zero-order chi connectivity index (χ0) is 89.0. The predicted molar refractivity (Wildman–Crippen MR) is 484 cm³/mol. The van der Waals surface area contributed by atoms with Crippen molar-refractivity contribution in [3.05, 3.63) is 270 Å². The van der Waals surface area contributed by atoms with E-state index in [9.17, 15) is 28.8 Å². The first kappa shape index (κ1) is 92.1. The van der Waals surface area contributed by atoms with Gasteiger partial charge in [-0.2, -0.15) is 46.8 Å². The van der Waals surface area contributed by atoms with Crippen molar-refractivity contribution in [3.8, 4) is 114 Å².